The molecule has 0 radical (unpaired) electrons. The molecule has 0 spiro atoms. The molecular formula is C24H51O4PS2. The van der Waals surface area contributed by atoms with Gasteiger partial charge in [0, 0.05) is 0 Å². The summed E-state index contributed by atoms with van der Waals surface area (Å²) in [5, 5.41) is 0. The predicted octanol–water partition coefficient (Wildman–Crippen LogP) is 9.88. The van der Waals surface area contributed by atoms with E-state index >= 15 is 0 Å². The Bertz CT molecular complexity index is 368. The molecule has 0 bridgehead atoms. The van der Waals surface area contributed by atoms with Crippen molar-refractivity contribution in [2.24, 2.45) is 0 Å². The largest absolute Gasteiger partial charge is 0.304 e. The predicted molar refractivity (Wildman–Crippen MR) is 141 cm³/mol. The molecule has 0 heterocycles. The summed E-state index contributed by atoms with van der Waals surface area (Å²) in [6, 6.07) is 0. The van der Waals surface area contributed by atoms with Gasteiger partial charge in [0.05, 0.1) is 13.2 Å². The molecule has 0 atom stereocenters. The number of rotatable bonds is 26. The molecule has 0 aromatic heterocycles. The minimum atomic E-state index is -2.77. The molecule has 31 heavy (non-hydrogen) atoms. The maximum atomic E-state index is 5.19. The zero-order chi connectivity index (χ0) is 22.9. The van der Waals surface area contributed by atoms with E-state index < -0.39 is 5.69 Å². The molecular weight excluding hydrogens is 447 g/mol. The lowest BCUT2D eigenvalue weighted by Crippen LogP contribution is -1.98. The van der Waals surface area contributed by atoms with Gasteiger partial charge in [-0.15, -0.1) is 0 Å². The first-order valence-electron chi connectivity index (χ1n) is 13.1. The lowest BCUT2D eigenvalue weighted by Gasteiger charge is -2.14. The summed E-state index contributed by atoms with van der Waals surface area (Å²) in [5.41, 5.74) is -2.77. The van der Waals surface area contributed by atoms with Gasteiger partial charge in [-0.1, -0.05) is 142 Å². The second-order valence-corrected chi connectivity index (χ2v) is 13.7. The fourth-order valence-electron chi connectivity index (χ4n) is 3.52. The molecule has 0 N–H and O–H groups in total. The van der Waals surface area contributed by atoms with E-state index in [1.165, 1.54) is 103 Å². The average Bonchev–Trinajstić information content (AvgIpc) is 2.75. The van der Waals surface area contributed by atoms with Crippen LogP contribution >= 0.6 is 17.9 Å². The van der Waals surface area contributed by atoms with Crippen LogP contribution in [0.25, 0.3) is 0 Å². The highest BCUT2D eigenvalue weighted by Crippen LogP contribution is 2.53. The summed E-state index contributed by atoms with van der Waals surface area (Å²) in [7, 11) is 0. The van der Waals surface area contributed by atoms with Crippen LogP contribution in [0, 0.1) is 0 Å². The minimum Gasteiger partial charge on any atom is -0.229 e. The third-order valence-corrected chi connectivity index (χ3v) is 6.81. The van der Waals surface area contributed by atoms with Crippen LogP contribution < -0.4 is 0 Å². The monoisotopic (exact) mass is 498 g/mol. The van der Waals surface area contributed by atoms with Crippen LogP contribution in [-0.4, -0.2) is 13.2 Å². The lowest BCUT2D eigenvalue weighted by molar-refractivity contribution is -0.253. The first-order chi connectivity index (χ1) is 15.1. The highest BCUT2D eigenvalue weighted by molar-refractivity contribution is 8.60. The summed E-state index contributed by atoms with van der Waals surface area (Å²) in [6.07, 6.45) is 25.8. The Kier molecular flexibility index (Phi) is 26.2. The van der Waals surface area contributed by atoms with Crippen molar-refractivity contribution in [1.82, 2.24) is 0 Å². The van der Waals surface area contributed by atoms with Crippen LogP contribution in [0.5, 0.6) is 0 Å². The van der Waals surface area contributed by atoms with E-state index in [4.69, 9.17) is 30.9 Å². The van der Waals surface area contributed by atoms with Crippen molar-refractivity contribution in [3.63, 3.8) is 0 Å². The first kappa shape index (κ1) is 31.8. The molecule has 0 fully saturated rings. The molecule has 0 aliphatic heterocycles. The molecule has 0 aliphatic rings. The molecule has 0 amide bonds. The summed E-state index contributed by atoms with van der Waals surface area (Å²) < 4.78 is 10.3. The fourth-order valence-corrected chi connectivity index (χ4v) is 4.50. The zero-order valence-corrected chi connectivity index (χ0v) is 23.1. The van der Waals surface area contributed by atoms with Gasteiger partial charge in [0.15, 0.2) is 0 Å². The third-order valence-electron chi connectivity index (χ3n) is 5.46. The molecule has 0 saturated heterocycles. The van der Waals surface area contributed by atoms with Crippen molar-refractivity contribution in [2.45, 2.75) is 142 Å². The molecule has 4 nitrogen and oxygen atoms in total. The lowest BCUT2D eigenvalue weighted by atomic mass is 10.1. The van der Waals surface area contributed by atoms with Gasteiger partial charge in [-0.3, -0.25) is 0 Å². The van der Waals surface area contributed by atoms with Crippen LogP contribution in [0.15, 0.2) is 0 Å². The van der Waals surface area contributed by atoms with Crippen LogP contribution in [0.3, 0.4) is 0 Å². The van der Waals surface area contributed by atoms with E-state index in [1.54, 1.807) is 0 Å². The molecule has 0 saturated carbocycles. The summed E-state index contributed by atoms with van der Waals surface area (Å²) >= 11 is 9.41. The number of unbranched alkanes of at least 4 members (excludes halogenated alkanes) is 18. The Morgan fingerprint density at radius 2 is 0.742 bits per heavy atom. The molecule has 0 aliphatic carbocycles. The minimum absolute atomic E-state index is 0.525. The van der Waals surface area contributed by atoms with Crippen LogP contribution in [0.2, 0.25) is 0 Å². The second-order valence-electron chi connectivity index (χ2n) is 8.63. The van der Waals surface area contributed by atoms with E-state index in [0.29, 0.717) is 13.2 Å². The van der Waals surface area contributed by atoms with Crippen molar-refractivity contribution in [1.29, 1.82) is 0 Å². The third kappa shape index (κ3) is 27.0. The van der Waals surface area contributed by atoms with E-state index in [0.717, 1.165) is 25.7 Å². The number of hydrogen-bond acceptors (Lipinski definition) is 5. The summed E-state index contributed by atoms with van der Waals surface area (Å²) in [6.45, 7) is 5.57. The first-order valence-corrected chi connectivity index (χ1v) is 16.9. The van der Waals surface area contributed by atoms with Crippen molar-refractivity contribution in [2.75, 3.05) is 13.2 Å². The molecule has 0 aromatic carbocycles. The zero-order valence-electron chi connectivity index (χ0n) is 20.5. The van der Waals surface area contributed by atoms with Crippen molar-refractivity contribution < 1.29 is 19.1 Å². The van der Waals surface area contributed by atoms with Crippen molar-refractivity contribution in [3.8, 4) is 0 Å². The van der Waals surface area contributed by atoms with E-state index in [1.807, 2.05) is 0 Å². The number of thiol groups is 1. The maximum absolute atomic E-state index is 5.19. The molecule has 188 valence electrons. The fraction of sp³-hybridized carbons (Fsp3) is 1.00. The van der Waals surface area contributed by atoms with E-state index in [9.17, 15) is 0 Å². The average molecular weight is 499 g/mol. The van der Waals surface area contributed by atoms with Gasteiger partial charge in [-0.05, 0) is 24.6 Å². The molecule has 0 rings (SSSR count). The number of hydrogen-bond donors (Lipinski definition) is 1. The Morgan fingerprint density at radius 1 is 0.484 bits per heavy atom. The van der Waals surface area contributed by atoms with Gasteiger partial charge < -0.3 is 0 Å². The highest BCUT2D eigenvalue weighted by Gasteiger charge is 2.16. The Balaban J connectivity index is 3.30. The van der Waals surface area contributed by atoms with E-state index in [-0.39, 0.29) is 0 Å². The second kappa shape index (κ2) is 25.5. The van der Waals surface area contributed by atoms with Crippen LogP contribution in [0.4, 0.5) is 0 Å². The normalized spacial score (nSPS) is 12.0. The van der Waals surface area contributed by atoms with E-state index in [2.05, 4.69) is 26.1 Å². The van der Waals surface area contributed by atoms with Gasteiger partial charge in [0.25, 0.3) is 0 Å². The van der Waals surface area contributed by atoms with Gasteiger partial charge in [0.2, 0.25) is 0 Å². The van der Waals surface area contributed by atoms with Crippen molar-refractivity contribution >= 4 is 29.7 Å². The Labute approximate surface area is 204 Å². The van der Waals surface area contributed by atoms with Gasteiger partial charge in [-0.25, -0.2) is 9.78 Å². The van der Waals surface area contributed by atoms with Gasteiger partial charge in [-0.2, -0.15) is 9.35 Å². The highest BCUT2D eigenvalue weighted by atomic mass is 32.9. The molecule has 7 heteroatoms. The Hall–Kier alpha value is 0.840. The Morgan fingerprint density at radius 3 is 1.03 bits per heavy atom. The SMILES string of the molecule is CCCCCCCCCCCCOOP(=S)(S)OOCCCCCCCCCCCC. The smallest absolute Gasteiger partial charge is 0.229 e. The quantitative estimate of drug-likeness (QED) is 0.0422. The standard InChI is InChI=1S/C24H51O4PS2/c1-3-5-7-9-11-13-15-17-19-21-23-25-27-29(30,31)28-26-24-22-20-18-16-14-12-10-8-6-4-2/h3-24H2,1-2H3,(H,30,31). The maximum Gasteiger partial charge on any atom is 0.304 e. The summed E-state index contributed by atoms with van der Waals surface area (Å²) in [4.78, 5) is 10.4. The molecule has 0 unspecified atom stereocenters. The molecule has 0 aromatic rings. The van der Waals surface area contributed by atoms with Crippen LogP contribution in [-0.2, 0) is 30.9 Å². The summed E-state index contributed by atoms with van der Waals surface area (Å²) in [5.74, 6) is 0. The van der Waals surface area contributed by atoms with Gasteiger partial charge in [0.1, 0.15) is 0 Å². The van der Waals surface area contributed by atoms with Crippen LogP contribution in [0.1, 0.15) is 142 Å². The van der Waals surface area contributed by atoms with Crippen molar-refractivity contribution in [3.05, 3.63) is 0 Å². The topological polar surface area (TPSA) is 36.9 Å². The van der Waals surface area contributed by atoms with Gasteiger partial charge >= 0.3 is 5.69 Å².